The van der Waals surface area contributed by atoms with Crippen molar-refractivity contribution in [2.45, 2.75) is 32.7 Å². The Hall–Kier alpha value is -1.23. The first-order valence-corrected chi connectivity index (χ1v) is 5.78. The predicted molar refractivity (Wildman–Crippen MR) is 58.0 cm³/mol. The van der Waals surface area contributed by atoms with E-state index in [1.807, 2.05) is 6.92 Å². The summed E-state index contributed by atoms with van der Waals surface area (Å²) < 4.78 is 7.08. The van der Waals surface area contributed by atoms with Gasteiger partial charge in [0.15, 0.2) is 0 Å². The van der Waals surface area contributed by atoms with E-state index in [0.29, 0.717) is 13.0 Å². The van der Waals surface area contributed by atoms with Crippen LogP contribution in [0.2, 0.25) is 0 Å². The Bertz CT molecular complexity index is 356. The molecule has 0 bridgehead atoms. The topological polar surface area (TPSA) is 57.0 Å². The zero-order chi connectivity index (χ0) is 11.4. The minimum absolute atomic E-state index is 0.0516. The van der Waals surface area contributed by atoms with E-state index in [2.05, 4.69) is 10.1 Å². The molecule has 0 spiro atoms. The number of aryl methyl sites for hydroxylation is 1. The highest BCUT2D eigenvalue weighted by Gasteiger charge is 2.23. The summed E-state index contributed by atoms with van der Waals surface area (Å²) in [6.07, 6.45) is 3.81. The van der Waals surface area contributed by atoms with Crippen molar-refractivity contribution in [3.63, 3.8) is 0 Å². The van der Waals surface area contributed by atoms with E-state index >= 15 is 0 Å². The number of aromatic nitrogens is 3. The summed E-state index contributed by atoms with van der Waals surface area (Å²) in [4.78, 5) is 16.1. The van der Waals surface area contributed by atoms with Gasteiger partial charge in [0.05, 0.1) is 13.0 Å². The predicted octanol–water partition coefficient (Wildman–Crippen LogP) is 0.836. The summed E-state index contributed by atoms with van der Waals surface area (Å²) in [5, 5.41) is 4.05. The highest BCUT2D eigenvalue weighted by Crippen LogP contribution is 2.16. The van der Waals surface area contributed by atoms with E-state index < -0.39 is 0 Å². The molecular formula is C11H17N3O2. The van der Waals surface area contributed by atoms with Crippen molar-refractivity contribution >= 4 is 5.78 Å². The summed E-state index contributed by atoms with van der Waals surface area (Å²) >= 11 is 0. The summed E-state index contributed by atoms with van der Waals surface area (Å²) in [6.45, 7) is 4.10. The summed E-state index contributed by atoms with van der Waals surface area (Å²) in [7, 11) is 0. The van der Waals surface area contributed by atoms with Crippen molar-refractivity contribution in [2.75, 3.05) is 13.2 Å². The van der Waals surface area contributed by atoms with Gasteiger partial charge in [0.1, 0.15) is 17.9 Å². The number of Topliss-reactive ketones (excluding diaryl/α,β-unsaturated/α-hetero) is 1. The lowest BCUT2D eigenvalue weighted by Crippen LogP contribution is -2.27. The second-order valence-electron chi connectivity index (χ2n) is 4.05. The van der Waals surface area contributed by atoms with Gasteiger partial charge in [-0.2, -0.15) is 5.10 Å². The molecule has 2 heterocycles. The third-order valence-corrected chi connectivity index (χ3v) is 2.94. The highest BCUT2D eigenvalue weighted by atomic mass is 16.5. The van der Waals surface area contributed by atoms with Gasteiger partial charge in [-0.1, -0.05) is 0 Å². The molecule has 1 fully saturated rings. The first-order valence-electron chi connectivity index (χ1n) is 5.78. The van der Waals surface area contributed by atoms with E-state index in [1.54, 1.807) is 4.68 Å². The van der Waals surface area contributed by atoms with Gasteiger partial charge in [-0.15, -0.1) is 0 Å². The van der Waals surface area contributed by atoms with E-state index in [0.717, 1.165) is 31.8 Å². The minimum Gasteiger partial charge on any atom is -0.381 e. The van der Waals surface area contributed by atoms with Crippen LogP contribution in [0.4, 0.5) is 0 Å². The summed E-state index contributed by atoms with van der Waals surface area (Å²) in [6, 6.07) is 0. The van der Waals surface area contributed by atoms with Crippen LogP contribution in [0.3, 0.4) is 0 Å². The molecular weight excluding hydrogens is 206 g/mol. The van der Waals surface area contributed by atoms with Crippen molar-refractivity contribution in [3.8, 4) is 0 Å². The minimum atomic E-state index is 0.0516. The lowest BCUT2D eigenvalue weighted by atomic mass is 9.95. The smallest absolute Gasteiger partial charge is 0.145 e. The SMILES string of the molecule is CCn1ncnc1CC(=O)C1CCCOC1. The van der Waals surface area contributed by atoms with E-state index in [9.17, 15) is 4.79 Å². The van der Waals surface area contributed by atoms with Crippen LogP contribution < -0.4 is 0 Å². The maximum absolute atomic E-state index is 12.0. The molecule has 1 saturated heterocycles. The van der Waals surface area contributed by atoms with Gasteiger partial charge in [-0.25, -0.2) is 9.67 Å². The Morgan fingerprint density at radius 1 is 1.69 bits per heavy atom. The van der Waals surface area contributed by atoms with Crippen LogP contribution in [-0.2, 0) is 22.5 Å². The molecule has 1 aromatic rings. The fourth-order valence-electron chi connectivity index (χ4n) is 1.98. The van der Waals surface area contributed by atoms with Crippen LogP contribution >= 0.6 is 0 Å². The largest absolute Gasteiger partial charge is 0.381 e. The van der Waals surface area contributed by atoms with Crippen LogP contribution in [0.15, 0.2) is 6.33 Å². The summed E-state index contributed by atoms with van der Waals surface area (Å²) in [5.41, 5.74) is 0. The van der Waals surface area contributed by atoms with Gasteiger partial charge in [0.25, 0.3) is 0 Å². The zero-order valence-electron chi connectivity index (χ0n) is 9.56. The number of carbonyl (C=O) groups excluding carboxylic acids is 1. The third kappa shape index (κ3) is 2.47. The molecule has 1 aliphatic heterocycles. The molecule has 1 aliphatic rings. The number of rotatable bonds is 4. The zero-order valence-corrected chi connectivity index (χ0v) is 9.56. The summed E-state index contributed by atoms with van der Waals surface area (Å²) in [5.74, 6) is 1.04. The van der Waals surface area contributed by atoms with Gasteiger partial charge in [-0.05, 0) is 19.8 Å². The molecule has 88 valence electrons. The normalized spacial score (nSPS) is 20.9. The average molecular weight is 223 g/mol. The van der Waals surface area contributed by atoms with Crippen LogP contribution in [0.5, 0.6) is 0 Å². The highest BCUT2D eigenvalue weighted by molar-refractivity contribution is 5.82. The van der Waals surface area contributed by atoms with Gasteiger partial charge in [-0.3, -0.25) is 4.79 Å². The Kier molecular flexibility index (Phi) is 3.66. The number of ether oxygens (including phenoxy) is 1. The monoisotopic (exact) mass is 223 g/mol. The maximum atomic E-state index is 12.0. The molecule has 0 radical (unpaired) electrons. The maximum Gasteiger partial charge on any atom is 0.145 e. The quantitative estimate of drug-likeness (QED) is 0.759. The number of hydrogen-bond acceptors (Lipinski definition) is 4. The Morgan fingerprint density at radius 3 is 3.25 bits per heavy atom. The molecule has 0 amide bonds. The Morgan fingerprint density at radius 2 is 2.56 bits per heavy atom. The van der Waals surface area contributed by atoms with E-state index in [4.69, 9.17) is 4.74 Å². The number of hydrogen-bond donors (Lipinski definition) is 0. The molecule has 16 heavy (non-hydrogen) atoms. The Balaban J connectivity index is 1.95. The van der Waals surface area contributed by atoms with Crippen molar-refractivity contribution in [3.05, 3.63) is 12.2 Å². The number of nitrogens with zero attached hydrogens (tertiary/aromatic N) is 3. The lowest BCUT2D eigenvalue weighted by molar-refractivity contribution is -0.126. The van der Waals surface area contributed by atoms with Gasteiger partial charge in [0.2, 0.25) is 0 Å². The second kappa shape index (κ2) is 5.21. The molecule has 2 rings (SSSR count). The van der Waals surface area contributed by atoms with E-state index in [-0.39, 0.29) is 11.7 Å². The molecule has 0 aliphatic carbocycles. The molecule has 5 nitrogen and oxygen atoms in total. The molecule has 0 N–H and O–H groups in total. The second-order valence-corrected chi connectivity index (χ2v) is 4.05. The molecule has 1 atom stereocenters. The molecule has 1 aromatic heterocycles. The first kappa shape index (κ1) is 11.3. The Labute approximate surface area is 94.8 Å². The van der Waals surface area contributed by atoms with Crippen LogP contribution in [0.25, 0.3) is 0 Å². The van der Waals surface area contributed by atoms with Crippen molar-refractivity contribution in [1.29, 1.82) is 0 Å². The fourth-order valence-corrected chi connectivity index (χ4v) is 1.98. The van der Waals surface area contributed by atoms with Crippen LogP contribution in [0, 0.1) is 5.92 Å². The molecule has 1 unspecified atom stereocenters. The number of carbonyl (C=O) groups is 1. The van der Waals surface area contributed by atoms with Crippen LogP contribution in [0.1, 0.15) is 25.6 Å². The molecule has 0 saturated carbocycles. The van der Waals surface area contributed by atoms with Gasteiger partial charge >= 0.3 is 0 Å². The molecule has 5 heteroatoms. The third-order valence-electron chi connectivity index (χ3n) is 2.94. The van der Waals surface area contributed by atoms with Crippen LogP contribution in [-0.4, -0.2) is 33.8 Å². The van der Waals surface area contributed by atoms with E-state index in [1.165, 1.54) is 6.33 Å². The van der Waals surface area contributed by atoms with Crippen molar-refractivity contribution in [1.82, 2.24) is 14.8 Å². The van der Waals surface area contributed by atoms with Crippen molar-refractivity contribution < 1.29 is 9.53 Å². The molecule has 0 aromatic carbocycles. The number of ketones is 1. The van der Waals surface area contributed by atoms with Crippen molar-refractivity contribution in [2.24, 2.45) is 5.92 Å². The lowest BCUT2D eigenvalue weighted by Gasteiger charge is -2.20. The standard InChI is InChI=1S/C11H17N3O2/c1-2-14-11(12-8-13-14)6-10(15)9-4-3-5-16-7-9/h8-9H,2-7H2,1H3. The van der Waals surface area contributed by atoms with Gasteiger partial charge < -0.3 is 4.74 Å². The fraction of sp³-hybridized carbons (Fsp3) is 0.727. The first-order chi connectivity index (χ1) is 7.81. The average Bonchev–Trinajstić information content (AvgIpc) is 2.77. The van der Waals surface area contributed by atoms with Gasteiger partial charge in [0, 0.05) is 19.1 Å².